The van der Waals surface area contributed by atoms with Crippen molar-refractivity contribution in [2.75, 3.05) is 7.11 Å². The van der Waals surface area contributed by atoms with Gasteiger partial charge in [0.15, 0.2) is 0 Å². The normalized spacial score (nSPS) is 12.0. The Kier molecular flexibility index (Phi) is 4.64. The molecule has 0 aromatic heterocycles. The van der Waals surface area contributed by atoms with Crippen molar-refractivity contribution in [2.45, 2.75) is 26.5 Å². The minimum absolute atomic E-state index is 0.0504. The Morgan fingerprint density at radius 1 is 1.10 bits per heavy atom. The number of hydrogen-bond donors (Lipinski definition) is 1. The maximum Gasteiger partial charge on any atom is 0.125 e. The molecule has 0 bridgehead atoms. The average Bonchev–Trinajstić information content (AvgIpc) is 2.45. The Labute approximate surface area is 120 Å². The largest absolute Gasteiger partial charge is 0.496 e. The SMILES string of the molecule is COc1ccc(C)cc1COc1ccccc1C(C)N. The first-order valence-electron chi connectivity index (χ1n) is 6.72. The zero-order valence-electron chi connectivity index (χ0n) is 12.2. The van der Waals surface area contributed by atoms with E-state index in [0.29, 0.717) is 6.61 Å². The standard InChI is InChI=1S/C17H21NO2/c1-12-8-9-16(19-3)14(10-12)11-20-17-7-5-4-6-15(17)13(2)18/h4-10,13H,11,18H2,1-3H3. The molecule has 1 atom stereocenters. The number of aryl methyl sites for hydroxylation is 1. The van der Waals surface area contributed by atoms with Gasteiger partial charge in [-0.15, -0.1) is 0 Å². The van der Waals surface area contributed by atoms with E-state index in [1.54, 1.807) is 7.11 Å². The molecule has 0 heterocycles. The zero-order chi connectivity index (χ0) is 14.5. The summed E-state index contributed by atoms with van der Waals surface area (Å²) in [4.78, 5) is 0. The molecule has 2 N–H and O–H groups in total. The number of para-hydroxylation sites is 1. The first-order valence-corrected chi connectivity index (χ1v) is 6.72. The molecule has 1 unspecified atom stereocenters. The predicted molar refractivity (Wildman–Crippen MR) is 81.1 cm³/mol. The highest BCUT2D eigenvalue weighted by Gasteiger charge is 2.09. The molecule has 3 heteroatoms. The fraction of sp³-hybridized carbons (Fsp3) is 0.294. The van der Waals surface area contributed by atoms with E-state index in [9.17, 15) is 0 Å². The third-order valence-electron chi connectivity index (χ3n) is 3.23. The molecule has 0 spiro atoms. The smallest absolute Gasteiger partial charge is 0.125 e. The molecule has 0 fully saturated rings. The summed E-state index contributed by atoms with van der Waals surface area (Å²) >= 11 is 0. The third kappa shape index (κ3) is 3.31. The Bertz CT molecular complexity index is 579. The summed E-state index contributed by atoms with van der Waals surface area (Å²) in [7, 11) is 1.67. The van der Waals surface area contributed by atoms with Gasteiger partial charge in [0, 0.05) is 17.2 Å². The van der Waals surface area contributed by atoms with Gasteiger partial charge in [-0.05, 0) is 32.0 Å². The monoisotopic (exact) mass is 271 g/mol. The Morgan fingerprint density at radius 3 is 2.55 bits per heavy atom. The van der Waals surface area contributed by atoms with Crippen LogP contribution < -0.4 is 15.2 Å². The summed E-state index contributed by atoms with van der Waals surface area (Å²) in [6.45, 7) is 4.48. The number of nitrogens with two attached hydrogens (primary N) is 1. The van der Waals surface area contributed by atoms with Crippen LogP contribution in [0, 0.1) is 6.92 Å². The lowest BCUT2D eigenvalue weighted by Crippen LogP contribution is -2.08. The maximum atomic E-state index is 5.96. The molecule has 0 saturated heterocycles. The molecule has 0 aliphatic carbocycles. The molecular weight excluding hydrogens is 250 g/mol. The van der Waals surface area contributed by atoms with Crippen LogP contribution >= 0.6 is 0 Å². The second-order valence-electron chi connectivity index (χ2n) is 4.93. The summed E-state index contributed by atoms with van der Waals surface area (Å²) in [5.74, 6) is 1.67. The molecule has 2 aromatic carbocycles. The zero-order valence-corrected chi connectivity index (χ0v) is 12.2. The van der Waals surface area contributed by atoms with Crippen molar-refractivity contribution in [1.29, 1.82) is 0 Å². The van der Waals surface area contributed by atoms with Crippen LogP contribution in [0.25, 0.3) is 0 Å². The Balaban J connectivity index is 2.19. The van der Waals surface area contributed by atoms with Crippen molar-refractivity contribution in [3.8, 4) is 11.5 Å². The lowest BCUT2D eigenvalue weighted by Gasteiger charge is -2.15. The van der Waals surface area contributed by atoms with E-state index in [1.807, 2.05) is 43.3 Å². The summed E-state index contributed by atoms with van der Waals surface area (Å²) in [5.41, 5.74) is 9.19. The molecule has 0 saturated carbocycles. The summed E-state index contributed by atoms with van der Waals surface area (Å²) < 4.78 is 11.3. The molecule has 0 aliphatic heterocycles. The van der Waals surface area contributed by atoms with Gasteiger partial charge in [-0.1, -0.05) is 29.8 Å². The van der Waals surface area contributed by atoms with Crippen LogP contribution in [0.1, 0.15) is 29.7 Å². The van der Waals surface area contributed by atoms with E-state index in [2.05, 4.69) is 13.0 Å². The van der Waals surface area contributed by atoms with Gasteiger partial charge in [0.1, 0.15) is 18.1 Å². The molecule has 20 heavy (non-hydrogen) atoms. The molecule has 0 amide bonds. The van der Waals surface area contributed by atoms with Crippen molar-refractivity contribution in [1.82, 2.24) is 0 Å². The van der Waals surface area contributed by atoms with Crippen LogP contribution in [0.2, 0.25) is 0 Å². The van der Waals surface area contributed by atoms with Gasteiger partial charge in [0.25, 0.3) is 0 Å². The van der Waals surface area contributed by atoms with Crippen LogP contribution in [-0.4, -0.2) is 7.11 Å². The Morgan fingerprint density at radius 2 is 1.85 bits per heavy atom. The number of rotatable bonds is 5. The van der Waals surface area contributed by atoms with E-state index < -0.39 is 0 Å². The van der Waals surface area contributed by atoms with Crippen LogP contribution in [0.15, 0.2) is 42.5 Å². The van der Waals surface area contributed by atoms with Crippen molar-refractivity contribution >= 4 is 0 Å². The third-order valence-corrected chi connectivity index (χ3v) is 3.23. The van der Waals surface area contributed by atoms with Crippen LogP contribution in [-0.2, 0) is 6.61 Å². The molecule has 3 nitrogen and oxygen atoms in total. The lowest BCUT2D eigenvalue weighted by atomic mass is 10.1. The first-order chi connectivity index (χ1) is 9.61. The van der Waals surface area contributed by atoms with E-state index in [4.69, 9.17) is 15.2 Å². The average molecular weight is 271 g/mol. The van der Waals surface area contributed by atoms with Gasteiger partial charge in [0.2, 0.25) is 0 Å². The van der Waals surface area contributed by atoms with Gasteiger partial charge in [-0.25, -0.2) is 0 Å². The van der Waals surface area contributed by atoms with E-state index in [-0.39, 0.29) is 6.04 Å². The van der Waals surface area contributed by atoms with Crippen molar-refractivity contribution in [3.63, 3.8) is 0 Å². The minimum atomic E-state index is -0.0504. The van der Waals surface area contributed by atoms with Gasteiger partial charge >= 0.3 is 0 Å². The summed E-state index contributed by atoms with van der Waals surface area (Å²) in [6.07, 6.45) is 0. The van der Waals surface area contributed by atoms with Crippen LogP contribution in [0.5, 0.6) is 11.5 Å². The number of hydrogen-bond acceptors (Lipinski definition) is 3. The van der Waals surface area contributed by atoms with Gasteiger partial charge in [-0.3, -0.25) is 0 Å². The molecule has 106 valence electrons. The van der Waals surface area contributed by atoms with E-state index >= 15 is 0 Å². The van der Waals surface area contributed by atoms with E-state index in [0.717, 1.165) is 22.6 Å². The lowest BCUT2D eigenvalue weighted by molar-refractivity contribution is 0.292. The second-order valence-corrected chi connectivity index (χ2v) is 4.93. The van der Waals surface area contributed by atoms with Gasteiger partial charge in [0.05, 0.1) is 7.11 Å². The number of methoxy groups -OCH3 is 1. The topological polar surface area (TPSA) is 44.5 Å². The number of benzene rings is 2. The summed E-state index contributed by atoms with van der Waals surface area (Å²) in [5, 5.41) is 0. The van der Waals surface area contributed by atoms with Crippen LogP contribution in [0.3, 0.4) is 0 Å². The molecular formula is C17H21NO2. The molecule has 2 aromatic rings. The molecule has 2 rings (SSSR count). The first kappa shape index (κ1) is 14.4. The highest BCUT2D eigenvalue weighted by atomic mass is 16.5. The highest BCUT2D eigenvalue weighted by Crippen LogP contribution is 2.26. The highest BCUT2D eigenvalue weighted by molar-refractivity contribution is 5.38. The maximum absolute atomic E-state index is 5.96. The molecule has 0 radical (unpaired) electrons. The fourth-order valence-corrected chi connectivity index (χ4v) is 2.16. The Hall–Kier alpha value is -2.00. The second kappa shape index (κ2) is 6.44. The predicted octanol–water partition coefficient (Wildman–Crippen LogP) is 3.60. The minimum Gasteiger partial charge on any atom is -0.496 e. The van der Waals surface area contributed by atoms with E-state index in [1.165, 1.54) is 5.56 Å². The fourth-order valence-electron chi connectivity index (χ4n) is 2.16. The van der Waals surface area contributed by atoms with Crippen molar-refractivity contribution in [2.24, 2.45) is 5.73 Å². The number of ether oxygens (including phenoxy) is 2. The van der Waals surface area contributed by atoms with Crippen LogP contribution in [0.4, 0.5) is 0 Å². The quantitative estimate of drug-likeness (QED) is 0.903. The molecule has 0 aliphatic rings. The van der Waals surface area contributed by atoms with Crippen molar-refractivity contribution in [3.05, 3.63) is 59.2 Å². The van der Waals surface area contributed by atoms with Gasteiger partial charge < -0.3 is 15.2 Å². The van der Waals surface area contributed by atoms with Crippen molar-refractivity contribution < 1.29 is 9.47 Å². The van der Waals surface area contributed by atoms with Gasteiger partial charge in [-0.2, -0.15) is 0 Å². The summed E-state index contributed by atoms with van der Waals surface area (Å²) in [6, 6.07) is 13.9.